The average Bonchev–Trinajstić information content (AvgIpc) is 3.13. The van der Waals surface area contributed by atoms with Gasteiger partial charge in [-0.3, -0.25) is 4.79 Å². The number of aromatic nitrogens is 1. The lowest BCUT2D eigenvalue weighted by Gasteiger charge is -2.29. The molecule has 2 aromatic rings. The summed E-state index contributed by atoms with van der Waals surface area (Å²) in [5.74, 6) is -0.224. The van der Waals surface area contributed by atoms with E-state index in [1.54, 1.807) is 6.92 Å². The molecule has 1 aromatic heterocycles. The molecule has 0 N–H and O–H groups in total. The average molecular weight is 416 g/mol. The van der Waals surface area contributed by atoms with E-state index < -0.39 is 5.60 Å². The summed E-state index contributed by atoms with van der Waals surface area (Å²) in [6.45, 7) is 7.83. The van der Waals surface area contributed by atoms with Crippen LogP contribution < -0.4 is 0 Å². The van der Waals surface area contributed by atoms with Crippen molar-refractivity contribution in [1.82, 2.24) is 4.98 Å². The summed E-state index contributed by atoms with van der Waals surface area (Å²) in [5.41, 5.74) is 1.15. The molecule has 1 aliphatic rings. The van der Waals surface area contributed by atoms with Crippen molar-refractivity contribution in [2.75, 3.05) is 6.61 Å². The molecule has 0 amide bonds. The van der Waals surface area contributed by atoms with Gasteiger partial charge >= 0.3 is 11.9 Å². The van der Waals surface area contributed by atoms with Crippen molar-refractivity contribution < 1.29 is 19.1 Å². The lowest BCUT2D eigenvalue weighted by Crippen LogP contribution is -2.30. The summed E-state index contributed by atoms with van der Waals surface area (Å²) >= 11 is 1.43. The number of hydrogen-bond donors (Lipinski definition) is 0. The van der Waals surface area contributed by atoms with Crippen LogP contribution >= 0.6 is 11.3 Å². The Morgan fingerprint density at radius 1 is 1.10 bits per heavy atom. The summed E-state index contributed by atoms with van der Waals surface area (Å²) in [7, 11) is 0. The van der Waals surface area contributed by atoms with E-state index in [4.69, 9.17) is 14.5 Å². The molecule has 6 heteroatoms. The van der Waals surface area contributed by atoms with Crippen LogP contribution in [0.5, 0.6) is 0 Å². The number of nitrogens with zero attached hydrogens (tertiary/aromatic N) is 1. The molecule has 1 saturated carbocycles. The number of esters is 2. The molecule has 156 valence electrons. The number of carbonyl (C=O) groups excluding carboxylic acids is 2. The number of benzene rings is 1. The van der Waals surface area contributed by atoms with Gasteiger partial charge in [0.1, 0.15) is 10.5 Å². The van der Waals surface area contributed by atoms with E-state index in [-0.39, 0.29) is 23.8 Å². The van der Waals surface area contributed by atoms with Crippen molar-refractivity contribution in [3.8, 4) is 11.3 Å². The van der Waals surface area contributed by atoms with Gasteiger partial charge in [0, 0.05) is 11.5 Å². The Morgan fingerprint density at radius 2 is 1.76 bits per heavy atom. The summed E-state index contributed by atoms with van der Waals surface area (Å²) < 4.78 is 10.8. The van der Waals surface area contributed by atoms with Gasteiger partial charge in [-0.1, -0.05) is 30.3 Å². The van der Waals surface area contributed by atoms with Crippen LogP contribution in [0, 0.1) is 5.92 Å². The molecule has 0 saturated heterocycles. The van der Waals surface area contributed by atoms with Crippen LogP contribution in [0.4, 0.5) is 0 Å². The molecule has 3 rings (SSSR count). The molecule has 29 heavy (non-hydrogen) atoms. The van der Waals surface area contributed by atoms with Gasteiger partial charge in [-0.2, -0.15) is 0 Å². The van der Waals surface area contributed by atoms with E-state index >= 15 is 0 Å². The van der Waals surface area contributed by atoms with Crippen molar-refractivity contribution >= 4 is 23.3 Å². The maximum absolute atomic E-state index is 12.5. The molecule has 1 aromatic carbocycles. The normalized spacial score (nSPS) is 19.6. The number of thiazole rings is 1. The third-order valence-corrected chi connectivity index (χ3v) is 6.17. The first-order valence-corrected chi connectivity index (χ1v) is 11.1. The fraction of sp³-hybridized carbons (Fsp3) is 0.522. The Labute approximate surface area is 176 Å². The van der Waals surface area contributed by atoms with Gasteiger partial charge in [0.15, 0.2) is 0 Å². The van der Waals surface area contributed by atoms with Crippen molar-refractivity contribution in [2.24, 2.45) is 5.92 Å². The molecule has 1 heterocycles. The fourth-order valence-corrected chi connectivity index (χ4v) is 4.75. The summed E-state index contributed by atoms with van der Waals surface area (Å²) in [4.78, 5) is 30.3. The smallest absolute Gasteiger partial charge is 0.350 e. The van der Waals surface area contributed by atoms with Crippen LogP contribution in [-0.4, -0.2) is 29.1 Å². The lowest BCUT2D eigenvalue weighted by atomic mass is 9.82. The van der Waals surface area contributed by atoms with Crippen LogP contribution in [0.25, 0.3) is 11.3 Å². The van der Waals surface area contributed by atoms with Gasteiger partial charge in [-0.05, 0) is 53.4 Å². The Bertz CT molecular complexity index is 846. The zero-order valence-electron chi connectivity index (χ0n) is 17.6. The highest BCUT2D eigenvalue weighted by Crippen LogP contribution is 2.41. The molecule has 0 aliphatic heterocycles. The zero-order chi connectivity index (χ0) is 21.0. The Balaban J connectivity index is 1.76. The minimum absolute atomic E-state index is 0.0523. The molecule has 0 radical (unpaired) electrons. The van der Waals surface area contributed by atoms with Gasteiger partial charge < -0.3 is 9.47 Å². The predicted molar refractivity (Wildman–Crippen MR) is 114 cm³/mol. The van der Waals surface area contributed by atoms with E-state index in [0.717, 1.165) is 36.3 Å². The fourth-order valence-electron chi connectivity index (χ4n) is 3.60. The standard InChI is InChI=1S/C23H29NO4S/c1-5-27-22(26)19-18(15-9-7-6-8-10-15)24-20(29-19)16-11-13-17(14-12-16)21(25)28-23(2,3)4/h6-10,16-17H,5,11-14H2,1-4H3. The van der Waals surface area contributed by atoms with E-state index in [0.29, 0.717) is 17.2 Å². The summed E-state index contributed by atoms with van der Waals surface area (Å²) in [6.07, 6.45) is 3.31. The summed E-state index contributed by atoms with van der Waals surface area (Å²) in [5, 5.41) is 0.953. The minimum atomic E-state index is -0.456. The van der Waals surface area contributed by atoms with Crippen LogP contribution in [-0.2, 0) is 14.3 Å². The van der Waals surface area contributed by atoms with Gasteiger partial charge in [-0.25, -0.2) is 9.78 Å². The first kappa shape index (κ1) is 21.5. The van der Waals surface area contributed by atoms with Gasteiger partial charge in [0.05, 0.1) is 23.2 Å². The molecule has 1 fully saturated rings. The molecular formula is C23H29NO4S. The van der Waals surface area contributed by atoms with Crippen LogP contribution in [0.1, 0.15) is 74.0 Å². The largest absolute Gasteiger partial charge is 0.462 e. The zero-order valence-corrected chi connectivity index (χ0v) is 18.4. The molecule has 5 nitrogen and oxygen atoms in total. The molecule has 0 atom stereocenters. The number of ether oxygens (including phenoxy) is 2. The highest BCUT2D eigenvalue weighted by Gasteiger charge is 2.32. The third kappa shape index (κ3) is 5.44. The van der Waals surface area contributed by atoms with E-state index in [2.05, 4.69) is 0 Å². The van der Waals surface area contributed by atoms with Gasteiger partial charge in [-0.15, -0.1) is 11.3 Å². The molecule has 0 spiro atoms. The van der Waals surface area contributed by atoms with E-state index in [9.17, 15) is 9.59 Å². The van der Waals surface area contributed by atoms with Crippen LogP contribution in [0.2, 0.25) is 0 Å². The monoisotopic (exact) mass is 415 g/mol. The van der Waals surface area contributed by atoms with Crippen molar-refractivity contribution in [1.29, 1.82) is 0 Å². The van der Waals surface area contributed by atoms with E-state index in [1.165, 1.54) is 11.3 Å². The van der Waals surface area contributed by atoms with Crippen molar-refractivity contribution in [3.63, 3.8) is 0 Å². The third-order valence-electron chi connectivity index (χ3n) is 4.97. The second-order valence-electron chi connectivity index (χ2n) is 8.40. The van der Waals surface area contributed by atoms with Crippen molar-refractivity contribution in [2.45, 2.75) is 64.9 Å². The molecule has 0 bridgehead atoms. The molecule has 0 unspecified atom stereocenters. The predicted octanol–water partition coefficient (Wildman–Crippen LogP) is 5.60. The number of carbonyl (C=O) groups is 2. The van der Waals surface area contributed by atoms with Gasteiger partial charge in [0.25, 0.3) is 0 Å². The Kier molecular flexibility index (Phi) is 6.73. The van der Waals surface area contributed by atoms with Crippen molar-refractivity contribution in [3.05, 3.63) is 40.2 Å². The number of hydrogen-bond acceptors (Lipinski definition) is 6. The van der Waals surface area contributed by atoms with Crippen LogP contribution in [0.3, 0.4) is 0 Å². The molecular weight excluding hydrogens is 386 g/mol. The Morgan fingerprint density at radius 3 is 2.34 bits per heavy atom. The minimum Gasteiger partial charge on any atom is -0.462 e. The van der Waals surface area contributed by atoms with Crippen LogP contribution in [0.15, 0.2) is 30.3 Å². The first-order chi connectivity index (χ1) is 13.8. The topological polar surface area (TPSA) is 65.5 Å². The van der Waals surface area contributed by atoms with E-state index in [1.807, 2.05) is 51.1 Å². The number of rotatable bonds is 5. The second-order valence-corrected chi connectivity index (χ2v) is 9.43. The SMILES string of the molecule is CCOC(=O)c1sc(C2CCC(C(=O)OC(C)(C)C)CC2)nc1-c1ccccc1. The lowest BCUT2D eigenvalue weighted by molar-refractivity contribution is -0.161. The molecule has 1 aliphatic carbocycles. The van der Waals surface area contributed by atoms with Gasteiger partial charge in [0.2, 0.25) is 0 Å². The Hall–Kier alpha value is -2.21. The highest BCUT2D eigenvalue weighted by molar-refractivity contribution is 7.14. The highest BCUT2D eigenvalue weighted by atomic mass is 32.1. The second kappa shape index (κ2) is 9.08. The summed E-state index contributed by atoms with van der Waals surface area (Å²) in [6, 6.07) is 9.74. The maximum Gasteiger partial charge on any atom is 0.350 e. The maximum atomic E-state index is 12.5. The quantitative estimate of drug-likeness (QED) is 0.595. The first-order valence-electron chi connectivity index (χ1n) is 10.2.